The van der Waals surface area contributed by atoms with Gasteiger partial charge in [0.1, 0.15) is 0 Å². The number of rotatable bonds is 4. The molecule has 3 aliphatic rings. The van der Waals surface area contributed by atoms with E-state index in [0.717, 1.165) is 4.90 Å². The molecule has 0 radical (unpaired) electrons. The smallest absolute Gasteiger partial charge is 0.225 e. The summed E-state index contributed by atoms with van der Waals surface area (Å²) in [6.45, 7) is 3.69. The van der Waals surface area contributed by atoms with Crippen molar-refractivity contribution in [3.05, 3.63) is 18.2 Å². The fraction of sp³-hybridized carbons (Fsp3) is 0.600. The first-order valence-corrected chi connectivity index (χ1v) is 12.7. The van der Waals surface area contributed by atoms with Gasteiger partial charge in [0.05, 0.1) is 29.0 Å². The monoisotopic (exact) mass is 454 g/mol. The third-order valence-corrected chi connectivity index (χ3v) is 9.04. The van der Waals surface area contributed by atoms with Crippen molar-refractivity contribution in [3.8, 4) is 0 Å². The summed E-state index contributed by atoms with van der Waals surface area (Å²) >= 11 is 1.52. The Hall–Kier alpha value is -1.62. The van der Waals surface area contributed by atoms with E-state index in [0.29, 0.717) is 57.0 Å². The summed E-state index contributed by atoms with van der Waals surface area (Å²) in [6.07, 6.45) is 1.50. The molecule has 30 heavy (non-hydrogen) atoms. The Morgan fingerprint density at radius 2 is 1.97 bits per heavy atom. The number of hydrogen-bond donors (Lipinski definition) is 1. The Kier molecular flexibility index (Phi) is 6.11. The molecule has 0 unspecified atom stereocenters. The molecular formula is C20H26N2O6S2. The first-order chi connectivity index (χ1) is 14.3. The fourth-order valence-corrected chi connectivity index (χ4v) is 6.28. The normalized spacial score (nSPS) is 22.3. The van der Waals surface area contributed by atoms with Crippen LogP contribution in [0.25, 0.3) is 0 Å². The molecule has 1 aromatic carbocycles. The highest BCUT2D eigenvalue weighted by molar-refractivity contribution is 7.99. The highest BCUT2D eigenvalue weighted by Gasteiger charge is 2.41. The van der Waals surface area contributed by atoms with Gasteiger partial charge in [-0.15, -0.1) is 11.8 Å². The van der Waals surface area contributed by atoms with Gasteiger partial charge >= 0.3 is 0 Å². The number of amides is 2. The third-order valence-electron chi connectivity index (χ3n) is 5.82. The average Bonchev–Trinajstić information content (AvgIpc) is 3.08. The molecule has 10 heteroatoms. The first-order valence-electron chi connectivity index (χ1n) is 10.2. The van der Waals surface area contributed by atoms with Gasteiger partial charge in [-0.1, -0.05) is 0 Å². The van der Waals surface area contributed by atoms with E-state index < -0.39 is 20.9 Å². The predicted molar refractivity (Wildman–Crippen MR) is 112 cm³/mol. The summed E-state index contributed by atoms with van der Waals surface area (Å²) in [5.74, 6) is -0.225. The predicted octanol–water partition coefficient (Wildman–Crippen LogP) is 2.04. The maximum absolute atomic E-state index is 13.1. The van der Waals surface area contributed by atoms with Crippen molar-refractivity contribution in [2.24, 2.45) is 0 Å². The molecule has 2 fully saturated rings. The Morgan fingerprint density at radius 3 is 2.67 bits per heavy atom. The van der Waals surface area contributed by atoms with Gasteiger partial charge in [-0.05, 0) is 25.1 Å². The van der Waals surface area contributed by atoms with E-state index in [1.54, 1.807) is 24.0 Å². The van der Waals surface area contributed by atoms with E-state index in [2.05, 4.69) is 5.32 Å². The molecule has 8 nitrogen and oxygen atoms in total. The topological polar surface area (TPSA) is 102 Å². The average molecular weight is 455 g/mol. The molecule has 0 bridgehead atoms. The lowest BCUT2D eigenvalue weighted by atomic mass is 10.0. The summed E-state index contributed by atoms with van der Waals surface area (Å²) in [7, 11) is -3.72. The van der Waals surface area contributed by atoms with Gasteiger partial charge in [-0.3, -0.25) is 9.59 Å². The number of nitrogens with one attached hydrogen (secondary N) is 1. The lowest BCUT2D eigenvalue weighted by molar-refractivity contribution is -0.187. The minimum absolute atomic E-state index is 0.0881. The van der Waals surface area contributed by atoms with Gasteiger partial charge in [-0.2, -0.15) is 0 Å². The van der Waals surface area contributed by atoms with Crippen molar-refractivity contribution in [1.82, 2.24) is 4.90 Å². The number of anilines is 1. The highest BCUT2D eigenvalue weighted by Crippen LogP contribution is 2.34. The molecule has 1 spiro atoms. The molecule has 1 atom stereocenters. The van der Waals surface area contributed by atoms with E-state index in [1.807, 2.05) is 0 Å². The molecule has 0 aliphatic carbocycles. The lowest BCUT2D eigenvalue weighted by Crippen LogP contribution is -2.48. The van der Waals surface area contributed by atoms with Crippen LogP contribution in [0.5, 0.6) is 0 Å². The Bertz CT molecular complexity index is 933. The maximum Gasteiger partial charge on any atom is 0.225 e. The first kappa shape index (κ1) is 21.6. The number of piperidine rings is 1. The molecule has 4 rings (SSSR count). The fourth-order valence-electron chi connectivity index (χ4n) is 3.98. The number of ether oxygens (including phenoxy) is 2. The summed E-state index contributed by atoms with van der Waals surface area (Å²) in [5.41, 5.74) is 0.514. The number of sulfone groups is 1. The molecule has 0 saturated carbocycles. The zero-order valence-corrected chi connectivity index (χ0v) is 18.5. The number of nitrogens with zero attached hydrogens (tertiary/aromatic N) is 1. The number of benzene rings is 1. The number of carbonyl (C=O) groups is 2. The largest absolute Gasteiger partial charge is 0.347 e. The number of fused-ring (bicyclic) bond motifs is 1. The second-order valence-electron chi connectivity index (χ2n) is 7.85. The highest BCUT2D eigenvalue weighted by atomic mass is 32.2. The van der Waals surface area contributed by atoms with E-state index >= 15 is 0 Å². The van der Waals surface area contributed by atoms with Crippen LogP contribution in [0.15, 0.2) is 28.0 Å². The van der Waals surface area contributed by atoms with Crippen molar-refractivity contribution in [1.29, 1.82) is 0 Å². The summed E-state index contributed by atoms with van der Waals surface area (Å²) < 4.78 is 37.5. The molecule has 3 aliphatic heterocycles. The number of carbonyl (C=O) groups excluding carboxylic acids is 2. The molecule has 2 amide bonds. The molecule has 3 heterocycles. The summed E-state index contributed by atoms with van der Waals surface area (Å²) in [4.78, 5) is 27.2. The standard InChI is InChI=1S/C20H26N2O6S2/c1-14(12-19(24)22-7-5-20(6-8-22)27-9-10-28-20)30(25,26)15-2-3-17-16(13-15)21-18(23)4-11-29-17/h2-3,13-14H,4-12H2,1H3,(H,21,23)/t14-/m1/s1. The van der Waals surface area contributed by atoms with E-state index in [-0.39, 0.29) is 23.1 Å². The number of likely N-dealkylation sites (tertiary alicyclic amines) is 1. The maximum atomic E-state index is 13.1. The minimum Gasteiger partial charge on any atom is -0.347 e. The van der Waals surface area contributed by atoms with Gasteiger partial charge in [0.25, 0.3) is 0 Å². The van der Waals surface area contributed by atoms with Crippen molar-refractivity contribution < 1.29 is 27.5 Å². The minimum atomic E-state index is -3.72. The Morgan fingerprint density at radius 1 is 1.27 bits per heavy atom. The van der Waals surface area contributed by atoms with Gasteiger partial charge in [0.2, 0.25) is 11.8 Å². The van der Waals surface area contributed by atoms with Crippen LogP contribution in [-0.4, -0.2) is 68.2 Å². The van der Waals surface area contributed by atoms with Crippen molar-refractivity contribution >= 4 is 39.1 Å². The van der Waals surface area contributed by atoms with Crippen LogP contribution >= 0.6 is 11.8 Å². The van der Waals surface area contributed by atoms with Crippen LogP contribution in [0.3, 0.4) is 0 Å². The molecule has 164 valence electrons. The second kappa shape index (κ2) is 8.49. The van der Waals surface area contributed by atoms with Gasteiger partial charge in [-0.25, -0.2) is 8.42 Å². The van der Waals surface area contributed by atoms with Gasteiger partial charge in [0, 0.05) is 49.4 Å². The quantitative estimate of drug-likeness (QED) is 0.743. The number of thioether (sulfide) groups is 1. The van der Waals surface area contributed by atoms with Gasteiger partial charge < -0.3 is 19.7 Å². The zero-order chi connectivity index (χ0) is 21.4. The van der Waals surface area contributed by atoms with E-state index in [9.17, 15) is 18.0 Å². The van der Waals surface area contributed by atoms with Crippen molar-refractivity contribution in [3.63, 3.8) is 0 Å². The summed E-state index contributed by atoms with van der Waals surface area (Å²) in [5, 5.41) is 1.90. The molecular weight excluding hydrogens is 428 g/mol. The van der Waals surface area contributed by atoms with Gasteiger partial charge in [0.15, 0.2) is 15.6 Å². The lowest BCUT2D eigenvalue weighted by Gasteiger charge is -2.37. The molecule has 2 saturated heterocycles. The van der Waals surface area contributed by atoms with Crippen LogP contribution in [0.1, 0.15) is 32.6 Å². The van der Waals surface area contributed by atoms with Crippen LogP contribution in [-0.2, 0) is 28.9 Å². The molecule has 0 aromatic heterocycles. The second-order valence-corrected chi connectivity index (χ2v) is 11.4. The SMILES string of the molecule is C[C@H](CC(=O)N1CCC2(CC1)OCCO2)S(=O)(=O)c1ccc2c(c1)NC(=O)CCS2. The Balaban J connectivity index is 1.42. The molecule has 1 N–H and O–H groups in total. The summed E-state index contributed by atoms with van der Waals surface area (Å²) in [6, 6.07) is 4.78. The van der Waals surface area contributed by atoms with Crippen molar-refractivity contribution in [2.75, 3.05) is 37.4 Å². The van der Waals surface area contributed by atoms with Crippen LogP contribution < -0.4 is 5.32 Å². The van der Waals surface area contributed by atoms with E-state index in [1.165, 1.54) is 17.8 Å². The molecule has 1 aromatic rings. The van der Waals surface area contributed by atoms with Crippen LogP contribution in [0, 0.1) is 0 Å². The third kappa shape index (κ3) is 4.37. The number of hydrogen-bond acceptors (Lipinski definition) is 7. The Labute approximate surface area is 180 Å². The van der Waals surface area contributed by atoms with E-state index in [4.69, 9.17) is 9.47 Å². The zero-order valence-electron chi connectivity index (χ0n) is 16.9. The van der Waals surface area contributed by atoms with Crippen molar-refractivity contribution in [2.45, 2.75) is 53.4 Å². The van der Waals surface area contributed by atoms with Crippen LogP contribution in [0.4, 0.5) is 5.69 Å². The van der Waals surface area contributed by atoms with Crippen LogP contribution in [0.2, 0.25) is 0 Å².